The minimum atomic E-state index is 0.490. The lowest BCUT2D eigenvalue weighted by Crippen LogP contribution is -2.47. The Hall–Kier alpha value is -0.900. The van der Waals surface area contributed by atoms with Crippen molar-refractivity contribution in [1.29, 1.82) is 0 Å². The molecule has 0 bridgehead atoms. The summed E-state index contributed by atoms with van der Waals surface area (Å²) in [6, 6.07) is 10.2. The molecule has 0 spiro atoms. The normalized spacial score (nSPS) is 26.2. The van der Waals surface area contributed by atoms with Crippen LogP contribution < -0.4 is 5.32 Å². The van der Waals surface area contributed by atoms with E-state index in [0.29, 0.717) is 18.2 Å². The lowest BCUT2D eigenvalue weighted by molar-refractivity contribution is -0.0588. The molecule has 1 aromatic carbocycles. The summed E-state index contributed by atoms with van der Waals surface area (Å²) in [6.45, 7) is 8.39. The fourth-order valence-electron chi connectivity index (χ4n) is 3.60. The molecular formula is C18H28N2O. The molecule has 1 saturated heterocycles. The number of rotatable bonds is 5. The number of nitrogens with one attached hydrogen (secondary N) is 1. The van der Waals surface area contributed by atoms with Gasteiger partial charge in [-0.1, -0.05) is 38.1 Å². The zero-order valence-corrected chi connectivity index (χ0v) is 13.3. The van der Waals surface area contributed by atoms with Gasteiger partial charge in [-0.3, -0.25) is 4.90 Å². The second-order valence-electron chi connectivity index (χ2n) is 6.73. The van der Waals surface area contributed by atoms with Crippen molar-refractivity contribution >= 4 is 0 Å². The first-order chi connectivity index (χ1) is 10.2. The fraction of sp³-hybridized carbons (Fsp3) is 0.667. The Morgan fingerprint density at radius 1 is 1.29 bits per heavy atom. The van der Waals surface area contributed by atoms with Gasteiger partial charge >= 0.3 is 0 Å². The van der Waals surface area contributed by atoms with Crippen LogP contribution in [0.15, 0.2) is 24.3 Å². The zero-order valence-electron chi connectivity index (χ0n) is 13.3. The molecule has 3 rings (SSSR count). The molecule has 2 aliphatic rings. The third-order valence-corrected chi connectivity index (χ3v) is 4.69. The molecule has 2 unspecified atom stereocenters. The van der Waals surface area contributed by atoms with Crippen LogP contribution in [0.5, 0.6) is 0 Å². The Morgan fingerprint density at radius 3 is 3.00 bits per heavy atom. The van der Waals surface area contributed by atoms with Gasteiger partial charge in [-0.05, 0) is 30.4 Å². The molecule has 2 atom stereocenters. The van der Waals surface area contributed by atoms with Crippen LogP contribution in [0.4, 0.5) is 0 Å². The van der Waals surface area contributed by atoms with Crippen LogP contribution in [0.1, 0.15) is 44.2 Å². The predicted molar refractivity (Wildman–Crippen MR) is 86.2 cm³/mol. The molecule has 3 nitrogen and oxygen atoms in total. The molecular weight excluding hydrogens is 260 g/mol. The zero-order chi connectivity index (χ0) is 14.7. The third kappa shape index (κ3) is 3.85. The van der Waals surface area contributed by atoms with Gasteiger partial charge in [-0.2, -0.15) is 0 Å². The fourth-order valence-corrected chi connectivity index (χ4v) is 3.60. The number of morpholine rings is 1. The van der Waals surface area contributed by atoms with E-state index in [1.165, 1.54) is 30.4 Å². The number of benzene rings is 1. The van der Waals surface area contributed by atoms with Crippen LogP contribution in [0.3, 0.4) is 0 Å². The van der Waals surface area contributed by atoms with E-state index in [1.807, 2.05) is 0 Å². The summed E-state index contributed by atoms with van der Waals surface area (Å²) in [6.07, 6.45) is 4.37. The van der Waals surface area contributed by atoms with Crippen molar-refractivity contribution in [2.45, 2.75) is 64.4 Å². The number of ether oxygens (including phenoxy) is 1. The Kier molecular flexibility index (Phi) is 4.94. The highest BCUT2D eigenvalue weighted by atomic mass is 16.5. The van der Waals surface area contributed by atoms with Gasteiger partial charge in [0.05, 0.1) is 12.7 Å². The molecule has 1 saturated carbocycles. The Bertz CT molecular complexity index is 460. The third-order valence-electron chi connectivity index (χ3n) is 4.69. The minimum absolute atomic E-state index is 0.490. The molecule has 0 radical (unpaired) electrons. The maximum Gasteiger partial charge on any atom is 0.0731 e. The first-order valence-electron chi connectivity index (χ1n) is 8.39. The lowest BCUT2D eigenvalue weighted by atomic mass is 10.1. The summed E-state index contributed by atoms with van der Waals surface area (Å²) in [4.78, 5) is 2.64. The van der Waals surface area contributed by atoms with Crippen LogP contribution >= 0.6 is 0 Å². The van der Waals surface area contributed by atoms with Crippen LogP contribution in [-0.4, -0.2) is 36.2 Å². The summed E-state index contributed by atoms with van der Waals surface area (Å²) in [7, 11) is 0. The van der Waals surface area contributed by atoms with E-state index >= 15 is 0 Å². The Morgan fingerprint density at radius 2 is 2.14 bits per heavy atom. The Balaban J connectivity index is 1.62. The summed E-state index contributed by atoms with van der Waals surface area (Å²) < 4.78 is 5.91. The molecule has 21 heavy (non-hydrogen) atoms. The van der Waals surface area contributed by atoms with Crippen molar-refractivity contribution in [2.75, 3.05) is 13.2 Å². The average molecular weight is 288 g/mol. The van der Waals surface area contributed by atoms with Crippen molar-refractivity contribution in [3.63, 3.8) is 0 Å². The van der Waals surface area contributed by atoms with E-state index in [4.69, 9.17) is 4.74 Å². The maximum atomic E-state index is 5.91. The van der Waals surface area contributed by atoms with Gasteiger partial charge < -0.3 is 10.1 Å². The molecule has 1 N–H and O–H groups in total. The van der Waals surface area contributed by atoms with Crippen LogP contribution in [-0.2, 0) is 17.8 Å². The molecule has 116 valence electrons. The van der Waals surface area contributed by atoms with Gasteiger partial charge in [0.1, 0.15) is 0 Å². The quantitative estimate of drug-likeness (QED) is 0.901. The highest BCUT2D eigenvalue weighted by Crippen LogP contribution is 2.30. The van der Waals surface area contributed by atoms with Crippen molar-refractivity contribution in [1.82, 2.24) is 10.2 Å². The SMILES string of the molecule is CC(C)NCc1cccc(CN2CCOC3CCCC32)c1. The van der Waals surface area contributed by atoms with Crippen LogP contribution in [0.25, 0.3) is 0 Å². The molecule has 0 amide bonds. The first-order valence-corrected chi connectivity index (χ1v) is 8.39. The maximum absolute atomic E-state index is 5.91. The van der Waals surface area contributed by atoms with Crippen molar-refractivity contribution in [2.24, 2.45) is 0 Å². The highest BCUT2D eigenvalue weighted by Gasteiger charge is 2.35. The van der Waals surface area contributed by atoms with E-state index in [0.717, 1.165) is 26.2 Å². The number of fused-ring (bicyclic) bond motifs is 1. The topological polar surface area (TPSA) is 24.5 Å². The molecule has 1 aromatic rings. The van der Waals surface area contributed by atoms with Gasteiger partial charge in [-0.15, -0.1) is 0 Å². The smallest absolute Gasteiger partial charge is 0.0731 e. The molecule has 3 heteroatoms. The van der Waals surface area contributed by atoms with E-state index in [1.54, 1.807) is 0 Å². The second kappa shape index (κ2) is 6.91. The van der Waals surface area contributed by atoms with E-state index in [-0.39, 0.29) is 0 Å². The number of hydrogen-bond donors (Lipinski definition) is 1. The highest BCUT2D eigenvalue weighted by molar-refractivity contribution is 5.23. The van der Waals surface area contributed by atoms with Crippen LogP contribution in [0, 0.1) is 0 Å². The first kappa shape index (κ1) is 15.0. The summed E-state index contributed by atoms with van der Waals surface area (Å²) in [5, 5.41) is 3.50. The predicted octanol–water partition coefficient (Wildman–Crippen LogP) is 2.94. The van der Waals surface area contributed by atoms with Gasteiger partial charge in [0.2, 0.25) is 0 Å². The molecule has 1 heterocycles. The van der Waals surface area contributed by atoms with Crippen molar-refractivity contribution < 1.29 is 4.74 Å². The average Bonchev–Trinajstić information content (AvgIpc) is 2.95. The molecule has 2 fully saturated rings. The van der Waals surface area contributed by atoms with Gasteiger partial charge in [0, 0.05) is 31.7 Å². The minimum Gasteiger partial charge on any atom is -0.375 e. The Labute approximate surface area is 128 Å². The number of hydrogen-bond acceptors (Lipinski definition) is 3. The molecule has 1 aliphatic carbocycles. The molecule has 1 aliphatic heterocycles. The molecule has 0 aromatic heterocycles. The number of nitrogens with zero attached hydrogens (tertiary/aromatic N) is 1. The van der Waals surface area contributed by atoms with E-state index in [2.05, 4.69) is 48.3 Å². The van der Waals surface area contributed by atoms with E-state index in [9.17, 15) is 0 Å². The van der Waals surface area contributed by atoms with Crippen molar-refractivity contribution in [3.8, 4) is 0 Å². The summed E-state index contributed by atoms with van der Waals surface area (Å²) in [5.74, 6) is 0. The van der Waals surface area contributed by atoms with Crippen LogP contribution in [0.2, 0.25) is 0 Å². The summed E-state index contributed by atoms with van der Waals surface area (Å²) >= 11 is 0. The lowest BCUT2D eigenvalue weighted by Gasteiger charge is -2.37. The van der Waals surface area contributed by atoms with E-state index < -0.39 is 0 Å². The van der Waals surface area contributed by atoms with Gasteiger partial charge in [0.15, 0.2) is 0 Å². The standard InChI is InChI=1S/C18H28N2O/c1-14(2)19-12-15-5-3-6-16(11-15)13-20-9-10-21-18-8-4-7-17(18)20/h3,5-6,11,14,17-19H,4,7-10,12-13H2,1-2H3. The van der Waals surface area contributed by atoms with Gasteiger partial charge in [0.25, 0.3) is 0 Å². The monoisotopic (exact) mass is 288 g/mol. The second-order valence-corrected chi connectivity index (χ2v) is 6.73. The van der Waals surface area contributed by atoms with Gasteiger partial charge in [-0.25, -0.2) is 0 Å². The largest absolute Gasteiger partial charge is 0.375 e. The summed E-state index contributed by atoms with van der Waals surface area (Å²) in [5.41, 5.74) is 2.82. The van der Waals surface area contributed by atoms with Crippen molar-refractivity contribution in [3.05, 3.63) is 35.4 Å².